The summed E-state index contributed by atoms with van der Waals surface area (Å²) in [5.41, 5.74) is 6.19. The first-order chi connectivity index (χ1) is 5.95. The van der Waals surface area contributed by atoms with Crippen molar-refractivity contribution < 1.29 is 10.0 Å². The van der Waals surface area contributed by atoms with Crippen LogP contribution in [0.4, 0.5) is 11.4 Å². The number of nitrogens with two attached hydrogens (primary N) is 1. The molecular formula is C8H10N2O3. The van der Waals surface area contributed by atoms with Gasteiger partial charge in [0, 0.05) is 5.56 Å². The second kappa shape index (κ2) is 2.93. The highest BCUT2D eigenvalue weighted by Gasteiger charge is 2.19. The van der Waals surface area contributed by atoms with Gasteiger partial charge in [0.1, 0.15) is 5.75 Å². The van der Waals surface area contributed by atoms with Gasteiger partial charge in [-0.2, -0.15) is 0 Å². The van der Waals surface area contributed by atoms with Crippen LogP contribution >= 0.6 is 0 Å². The van der Waals surface area contributed by atoms with Gasteiger partial charge in [-0.1, -0.05) is 0 Å². The number of benzene rings is 1. The van der Waals surface area contributed by atoms with Crippen LogP contribution in [-0.2, 0) is 0 Å². The van der Waals surface area contributed by atoms with E-state index in [-0.39, 0.29) is 17.1 Å². The number of anilines is 1. The van der Waals surface area contributed by atoms with Crippen LogP contribution in [0.3, 0.4) is 0 Å². The molecule has 0 saturated heterocycles. The molecule has 0 saturated carbocycles. The molecule has 1 rings (SSSR count). The van der Waals surface area contributed by atoms with Gasteiger partial charge in [-0.25, -0.2) is 0 Å². The smallest absolute Gasteiger partial charge is 0.277 e. The highest BCUT2D eigenvalue weighted by atomic mass is 16.6. The number of nitro benzene ring substituents is 1. The highest BCUT2D eigenvalue weighted by Crippen LogP contribution is 2.34. The van der Waals surface area contributed by atoms with Gasteiger partial charge in [-0.05, 0) is 19.9 Å². The molecule has 0 aliphatic heterocycles. The van der Waals surface area contributed by atoms with Crippen molar-refractivity contribution in [1.29, 1.82) is 0 Å². The zero-order valence-electron chi connectivity index (χ0n) is 7.37. The molecule has 0 fully saturated rings. The molecule has 0 heterocycles. The lowest BCUT2D eigenvalue weighted by Gasteiger charge is -2.06. The van der Waals surface area contributed by atoms with Gasteiger partial charge in [-0.15, -0.1) is 0 Å². The summed E-state index contributed by atoms with van der Waals surface area (Å²) in [7, 11) is 0. The molecule has 0 aromatic heterocycles. The Kier molecular flexibility index (Phi) is 2.10. The van der Waals surface area contributed by atoms with Gasteiger partial charge in [0.15, 0.2) is 0 Å². The first-order valence-corrected chi connectivity index (χ1v) is 3.68. The fourth-order valence-electron chi connectivity index (χ4n) is 1.25. The maximum atomic E-state index is 10.6. The van der Waals surface area contributed by atoms with Crippen molar-refractivity contribution in [2.75, 3.05) is 5.73 Å². The van der Waals surface area contributed by atoms with Crippen molar-refractivity contribution in [3.63, 3.8) is 0 Å². The summed E-state index contributed by atoms with van der Waals surface area (Å²) in [5, 5.41) is 19.8. The number of hydrogen-bond donors (Lipinski definition) is 2. The van der Waals surface area contributed by atoms with Crippen LogP contribution in [0, 0.1) is 24.0 Å². The predicted molar refractivity (Wildman–Crippen MR) is 48.6 cm³/mol. The summed E-state index contributed by atoms with van der Waals surface area (Å²) in [4.78, 5) is 10.1. The van der Waals surface area contributed by atoms with Crippen LogP contribution in [0.15, 0.2) is 6.07 Å². The van der Waals surface area contributed by atoms with E-state index >= 15 is 0 Å². The van der Waals surface area contributed by atoms with E-state index in [0.29, 0.717) is 11.1 Å². The molecule has 70 valence electrons. The molecule has 0 unspecified atom stereocenters. The van der Waals surface area contributed by atoms with Crippen molar-refractivity contribution in [1.82, 2.24) is 0 Å². The SMILES string of the molecule is Cc1cc(O)c(N)c(C)c1[N+](=O)[O-]. The molecule has 5 heteroatoms. The second-order valence-corrected chi connectivity index (χ2v) is 2.86. The second-order valence-electron chi connectivity index (χ2n) is 2.86. The van der Waals surface area contributed by atoms with E-state index in [9.17, 15) is 15.2 Å². The monoisotopic (exact) mass is 182 g/mol. The summed E-state index contributed by atoms with van der Waals surface area (Å²) in [6, 6.07) is 1.29. The molecular weight excluding hydrogens is 172 g/mol. The Morgan fingerprint density at radius 3 is 2.54 bits per heavy atom. The lowest BCUT2D eigenvalue weighted by Crippen LogP contribution is -1.99. The fraction of sp³-hybridized carbons (Fsp3) is 0.250. The van der Waals surface area contributed by atoms with Crippen LogP contribution in [0.25, 0.3) is 0 Å². The van der Waals surface area contributed by atoms with Crippen LogP contribution in [0.1, 0.15) is 11.1 Å². The Bertz CT molecular complexity index is 374. The average Bonchev–Trinajstić information content (AvgIpc) is 1.99. The number of rotatable bonds is 1. The summed E-state index contributed by atoms with van der Waals surface area (Å²) in [5.74, 6) is -0.111. The molecule has 1 aromatic rings. The van der Waals surface area contributed by atoms with Crippen molar-refractivity contribution in [3.05, 3.63) is 27.3 Å². The van der Waals surface area contributed by atoms with Crippen LogP contribution in [0.2, 0.25) is 0 Å². The molecule has 13 heavy (non-hydrogen) atoms. The van der Waals surface area contributed by atoms with Gasteiger partial charge in [0.2, 0.25) is 0 Å². The van der Waals surface area contributed by atoms with Crippen molar-refractivity contribution in [2.45, 2.75) is 13.8 Å². The average molecular weight is 182 g/mol. The minimum atomic E-state index is -0.500. The normalized spacial score (nSPS) is 10.0. The lowest BCUT2D eigenvalue weighted by atomic mass is 10.1. The van der Waals surface area contributed by atoms with Gasteiger partial charge < -0.3 is 10.8 Å². The third-order valence-corrected chi connectivity index (χ3v) is 1.94. The fourth-order valence-corrected chi connectivity index (χ4v) is 1.25. The predicted octanol–water partition coefficient (Wildman–Crippen LogP) is 1.50. The highest BCUT2D eigenvalue weighted by molar-refractivity contribution is 5.67. The van der Waals surface area contributed by atoms with Crippen molar-refractivity contribution in [3.8, 4) is 5.75 Å². The number of nitrogen functional groups attached to an aromatic ring is 1. The number of nitro groups is 1. The van der Waals surface area contributed by atoms with Gasteiger partial charge in [-0.3, -0.25) is 10.1 Å². The molecule has 1 aromatic carbocycles. The van der Waals surface area contributed by atoms with E-state index in [4.69, 9.17) is 5.73 Å². The summed E-state index contributed by atoms with van der Waals surface area (Å²) >= 11 is 0. The van der Waals surface area contributed by atoms with Gasteiger partial charge >= 0.3 is 0 Å². The minimum Gasteiger partial charge on any atom is -0.506 e. The number of phenols is 1. The topological polar surface area (TPSA) is 89.4 Å². The Labute approximate surface area is 74.9 Å². The quantitative estimate of drug-likeness (QED) is 0.298. The largest absolute Gasteiger partial charge is 0.506 e. The first kappa shape index (κ1) is 9.31. The molecule has 0 radical (unpaired) electrons. The summed E-state index contributed by atoms with van der Waals surface area (Å²) in [6.07, 6.45) is 0. The molecule has 0 amide bonds. The Morgan fingerprint density at radius 2 is 2.08 bits per heavy atom. The standard InChI is InChI=1S/C8H10N2O3/c1-4-3-6(11)7(9)5(2)8(4)10(12)13/h3,11H,9H2,1-2H3. The number of phenolic OH excluding ortho intramolecular Hbond substituents is 1. The molecule has 0 aliphatic rings. The van der Waals surface area contributed by atoms with E-state index in [1.165, 1.54) is 13.0 Å². The summed E-state index contributed by atoms with van der Waals surface area (Å²) in [6.45, 7) is 3.07. The lowest BCUT2D eigenvalue weighted by molar-refractivity contribution is -0.386. The Balaban J connectivity index is 3.53. The third kappa shape index (κ3) is 1.40. The number of nitrogens with zero attached hydrogens (tertiary/aromatic N) is 1. The van der Waals surface area contributed by atoms with Crippen LogP contribution in [-0.4, -0.2) is 10.0 Å². The zero-order valence-corrected chi connectivity index (χ0v) is 7.37. The molecule has 5 nitrogen and oxygen atoms in total. The molecule has 0 aliphatic carbocycles. The Hall–Kier alpha value is -1.78. The number of aromatic hydroxyl groups is 1. The minimum absolute atomic E-state index is 0.0321. The third-order valence-electron chi connectivity index (χ3n) is 1.94. The molecule has 3 N–H and O–H groups in total. The maximum absolute atomic E-state index is 10.6. The first-order valence-electron chi connectivity index (χ1n) is 3.68. The maximum Gasteiger partial charge on any atom is 0.277 e. The van der Waals surface area contributed by atoms with Gasteiger partial charge in [0.25, 0.3) is 5.69 Å². The van der Waals surface area contributed by atoms with Crippen LogP contribution in [0.5, 0.6) is 5.75 Å². The van der Waals surface area contributed by atoms with Crippen molar-refractivity contribution in [2.24, 2.45) is 0 Å². The van der Waals surface area contributed by atoms with E-state index in [1.807, 2.05) is 0 Å². The van der Waals surface area contributed by atoms with Crippen LogP contribution < -0.4 is 5.73 Å². The molecule has 0 atom stereocenters. The van der Waals surface area contributed by atoms with Gasteiger partial charge in [0.05, 0.1) is 16.2 Å². The van der Waals surface area contributed by atoms with E-state index in [1.54, 1.807) is 6.92 Å². The Morgan fingerprint density at radius 1 is 1.54 bits per heavy atom. The zero-order chi connectivity index (χ0) is 10.2. The van der Waals surface area contributed by atoms with E-state index in [0.717, 1.165) is 0 Å². The van der Waals surface area contributed by atoms with E-state index in [2.05, 4.69) is 0 Å². The van der Waals surface area contributed by atoms with E-state index < -0.39 is 4.92 Å². The molecule has 0 spiro atoms. The number of aryl methyl sites for hydroxylation is 1. The molecule has 0 bridgehead atoms. The summed E-state index contributed by atoms with van der Waals surface area (Å²) < 4.78 is 0. The number of hydrogen-bond acceptors (Lipinski definition) is 4. The van der Waals surface area contributed by atoms with Crippen molar-refractivity contribution >= 4 is 11.4 Å².